The maximum absolute atomic E-state index is 5.42. The van der Waals surface area contributed by atoms with Gasteiger partial charge in [0.2, 0.25) is 0 Å². The molecule has 2 atom stereocenters. The van der Waals surface area contributed by atoms with Crippen molar-refractivity contribution in [1.29, 1.82) is 0 Å². The smallest absolute Gasteiger partial charge is 0.151 e. The van der Waals surface area contributed by atoms with Gasteiger partial charge in [0.05, 0.1) is 6.10 Å². The predicted octanol–water partition coefficient (Wildman–Crippen LogP) is 0.905. The average Bonchev–Trinajstić information content (AvgIpc) is 2.75. The molecule has 0 bridgehead atoms. The summed E-state index contributed by atoms with van der Waals surface area (Å²) in [6.45, 7) is 0.950. The second-order valence-corrected chi connectivity index (χ2v) is 4.76. The summed E-state index contributed by atoms with van der Waals surface area (Å²) in [4.78, 5) is 4.22. The molecular formula is C12H22N4O. The number of hydrogen-bond donors (Lipinski definition) is 1. The first-order valence-corrected chi connectivity index (χ1v) is 6.38. The third-order valence-electron chi connectivity index (χ3n) is 3.39. The zero-order chi connectivity index (χ0) is 12.1. The van der Waals surface area contributed by atoms with E-state index in [-0.39, 0.29) is 0 Å². The molecule has 0 aromatic carbocycles. The minimum atomic E-state index is 0.439. The van der Waals surface area contributed by atoms with E-state index < -0.39 is 0 Å². The maximum Gasteiger partial charge on any atom is 0.151 e. The molecule has 1 saturated carbocycles. The highest BCUT2D eigenvalue weighted by molar-refractivity contribution is 4.84. The van der Waals surface area contributed by atoms with Crippen molar-refractivity contribution in [3.05, 3.63) is 12.2 Å². The van der Waals surface area contributed by atoms with Crippen LogP contribution in [0.25, 0.3) is 0 Å². The van der Waals surface area contributed by atoms with E-state index in [1.165, 1.54) is 19.3 Å². The van der Waals surface area contributed by atoms with Crippen LogP contribution in [0.4, 0.5) is 0 Å². The van der Waals surface area contributed by atoms with Crippen molar-refractivity contribution in [3.8, 4) is 0 Å². The second kappa shape index (κ2) is 6.12. The summed E-state index contributed by atoms with van der Waals surface area (Å²) in [5.74, 6) is 0.916. The SMILES string of the molecule is COC1CCCC(NCCc2ncn(C)n2)C1. The number of aromatic nitrogens is 3. The molecule has 0 radical (unpaired) electrons. The number of aryl methyl sites for hydroxylation is 1. The van der Waals surface area contributed by atoms with E-state index in [2.05, 4.69) is 15.4 Å². The third kappa shape index (κ3) is 3.78. The molecular weight excluding hydrogens is 216 g/mol. The van der Waals surface area contributed by atoms with Crippen molar-refractivity contribution in [1.82, 2.24) is 20.1 Å². The summed E-state index contributed by atoms with van der Waals surface area (Å²) in [6, 6.07) is 0.595. The van der Waals surface area contributed by atoms with Crippen molar-refractivity contribution < 1.29 is 4.74 Å². The molecule has 1 aliphatic rings. The van der Waals surface area contributed by atoms with Gasteiger partial charge in [-0.3, -0.25) is 4.68 Å². The molecule has 1 aliphatic carbocycles. The van der Waals surface area contributed by atoms with Crippen molar-refractivity contribution in [2.75, 3.05) is 13.7 Å². The van der Waals surface area contributed by atoms with Crippen LogP contribution in [-0.2, 0) is 18.2 Å². The Kier molecular flexibility index (Phi) is 4.50. The average molecular weight is 238 g/mol. The Bertz CT molecular complexity index is 339. The Labute approximate surface area is 103 Å². The Hall–Kier alpha value is -0.940. The van der Waals surface area contributed by atoms with Crippen molar-refractivity contribution in [3.63, 3.8) is 0 Å². The fourth-order valence-electron chi connectivity index (χ4n) is 2.43. The van der Waals surface area contributed by atoms with Crippen molar-refractivity contribution >= 4 is 0 Å². The van der Waals surface area contributed by atoms with Gasteiger partial charge in [-0.15, -0.1) is 0 Å². The normalized spacial score (nSPS) is 25.1. The first-order chi connectivity index (χ1) is 8.28. The highest BCUT2D eigenvalue weighted by atomic mass is 16.5. The van der Waals surface area contributed by atoms with Crippen LogP contribution < -0.4 is 5.32 Å². The van der Waals surface area contributed by atoms with Gasteiger partial charge < -0.3 is 10.1 Å². The van der Waals surface area contributed by atoms with Gasteiger partial charge in [-0.25, -0.2) is 4.98 Å². The summed E-state index contributed by atoms with van der Waals surface area (Å²) < 4.78 is 7.17. The van der Waals surface area contributed by atoms with Gasteiger partial charge in [0.15, 0.2) is 5.82 Å². The van der Waals surface area contributed by atoms with E-state index in [0.717, 1.165) is 25.2 Å². The van der Waals surface area contributed by atoms with Crippen LogP contribution in [0.15, 0.2) is 6.33 Å². The molecule has 0 amide bonds. The highest BCUT2D eigenvalue weighted by Crippen LogP contribution is 2.20. The summed E-state index contributed by atoms with van der Waals surface area (Å²) in [5, 5.41) is 7.84. The predicted molar refractivity (Wildman–Crippen MR) is 65.8 cm³/mol. The lowest BCUT2D eigenvalue weighted by molar-refractivity contribution is 0.0590. The minimum Gasteiger partial charge on any atom is -0.381 e. The van der Waals surface area contributed by atoms with Gasteiger partial charge in [0.1, 0.15) is 6.33 Å². The summed E-state index contributed by atoms with van der Waals surface area (Å²) in [5.41, 5.74) is 0. The number of nitrogens with one attached hydrogen (secondary N) is 1. The molecule has 1 N–H and O–H groups in total. The van der Waals surface area contributed by atoms with Gasteiger partial charge in [-0.2, -0.15) is 5.10 Å². The molecule has 1 aromatic rings. The van der Waals surface area contributed by atoms with Crippen LogP contribution in [0.1, 0.15) is 31.5 Å². The van der Waals surface area contributed by atoms with E-state index in [1.54, 1.807) is 11.0 Å². The van der Waals surface area contributed by atoms with Crippen LogP contribution in [0, 0.1) is 0 Å². The first-order valence-electron chi connectivity index (χ1n) is 6.38. The van der Waals surface area contributed by atoms with Crippen LogP contribution in [0.5, 0.6) is 0 Å². The molecule has 96 valence electrons. The Morgan fingerprint density at radius 1 is 1.53 bits per heavy atom. The van der Waals surface area contributed by atoms with E-state index >= 15 is 0 Å². The molecule has 0 saturated heterocycles. The molecule has 0 spiro atoms. The molecule has 5 nitrogen and oxygen atoms in total. The van der Waals surface area contributed by atoms with Crippen molar-refractivity contribution in [2.45, 2.75) is 44.2 Å². The largest absolute Gasteiger partial charge is 0.381 e. The molecule has 0 aliphatic heterocycles. The van der Waals surface area contributed by atoms with E-state index in [4.69, 9.17) is 4.74 Å². The van der Waals surface area contributed by atoms with Crippen LogP contribution >= 0.6 is 0 Å². The summed E-state index contributed by atoms with van der Waals surface area (Å²) in [6.07, 6.45) is 7.94. The first kappa shape index (κ1) is 12.5. The van der Waals surface area contributed by atoms with Gasteiger partial charge in [-0.05, 0) is 25.7 Å². The molecule has 5 heteroatoms. The Morgan fingerprint density at radius 2 is 2.41 bits per heavy atom. The Balaban J connectivity index is 1.68. The van der Waals surface area contributed by atoms with Gasteiger partial charge in [0, 0.05) is 33.2 Å². The summed E-state index contributed by atoms with van der Waals surface area (Å²) >= 11 is 0. The number of methoxy groups -OCH3 is 1. The van der Waals surface area contributed by atoms with Crippen LogP contribution in [0.2, 0.25) is 0 Å². The summed E-state index contributed by atoms with van der Waals surface area (Å²) in [7, 11) is 3.71. The van der Waals surface area contributed by atoms with E-state index in [0.29, 0.717) is 12.1 Å². The zero-order valence-electron chi connectivity index (χ0n) is 10.7. The Morgan fingerprint density at radius 3 is 3.12 bits per heavy atom. The molecule has 1 fully saturated rings. The lowest BCUT2D eigenvalue weighted by atomic mass is 9.93. The maximum atomic E-state index is 5.42. The monoisotopic (exact) mass is 238 g/mol. The second-order valence-electron chi connectivity index (χ2n) is 4.76. The quantitative estimate of drug-likeness (QED) is 0.828. The third-order valence-corrected chi connectivity index (χ3v) is 3.39. The number of hydrogen-bond acceptors (Lipinski definition) is 4. The standard InChI is InChI=1S/C12H22N4O/c1-16-9-14-12(15-16)6-7-13-10-4-3-5-11(8-10)17-2/h9-11,13H,3-8H2,1-2H3. The van der Waals surface area contributed by atoms with Crippen LogP contribution in [0.3, 0.4) is 0 Å². The number of nitrogens with zero attached hydrogens (tertiary/aromatic N) is 3. The molecule has 2 rings (SSSR count). The molecule has 1 heterocycles. The van der Waals surface area contributed by atoms with Gasteiger partial charge in [0.25, 0.3) is 0 Å². The fourth-order valence-corrected chi connectivity index (χ4v) is 2.43. The fraction of sp³-hybridized carbons (Fsp3) is 0.833. The van der Waals surface area contributed by atoms with E-state index in [9.17, 15) is 0 Å². The topological polar surface area (TPSA) is 52.0 Å². The highest BCUT2D eigenvalue weighted by Gasteiger charge is 2.20. The van der Waals surface area contributed by atoms with Crippen LogP contribution in [-0.4, -0.2) is 40.6 Å². The molecule has 2 unspecified atom stereocenters. The zero-order valence-corrected chi connectivity index (χ0v) is 10.7. The van der Waals surface area contributed by atoms with Crippen molar-refractivity contribution in [2.24, 2.45) is 7.05 Å². The minimum absolute atomic E-state index is 0.439. The molecule has 17 heavy (non-hydrogen) atoms. The van der Waals surface area contributed by atoms with Gasteiger partial charge >= 0.3 is 0 Å². The lowest BCUT2D eigenvalue weighted by Crippen LogP contribution is -2.37. The van der Waals surface area contributed by atoms with Gasteiger partial charge in [-0.1, -0.05) is 0 Å². The van der Waals surface area contributed by atoms with E-state index in [1.807, 2.05) is 14.2 Å². The lowest BCUT2D eigenvalue weighted by Gasteiger charge is -2.28. The number of rotatable bonds is 5. The molecule has 1 aromatic heterocycles. The number of ether oxygens (including phenoxy) is 1.